The molecular formula is C23H32N4O. The SMILES string of the molecule is Cc1cc(-c2cccc(C(=O)C(C)(C)N)c2)cnc1N1CCN(C(C)C)CC1. The minimum Gasteiger partial charge on any atom is -0.354 e. The highest BCUT2D eigenvalue weighted by Crippen LogP contribution is 2.27. The molecule has 2 N–H and O–H groups in total. The Morgan fingerprint density at radius 1 is 1.11 bits per heavy atom. The van der Waals surface area contributed by atoms with Gasteiger partial charge in [-0.3, -0.25) is 9.69 Å². The van der Waals surface area contributed by atoms with E-state index >= 15 is 0 Å². The number of carbonyl (C=O) groups is 1. The maximum atomic E-state index is 12.5. The van der Waals surface area contributed by atoms with E-state index in [9.17, 15) is 4.79 Å². The lowest BCUT2D eigenvalue weighted by atomic mass is 9.92. The first-order valence-electron chi connectivity index (χ1n) is 10.1. The van der Waals surface area contributed by atoms with Crippen LogP contribution in [0.25, 0.3) is 11.1 Å². The number of pyridine rings is 1. The zero-order chi connectivity index (χ0) is 20.5. The van der Waals surface area contributed by atoms with E-state index in [1.165, 1.54) is 0 Å². The fourth-order valence-electron chi connectivity index (χ4n) is 3.72. The molecule has 3 rings (SSSR count). The third-order valence-electron chi connectivity index (χ3n) is 5.44. The van der Waals surface area contributed by atoms with Crippen LogP contribution in [-0.2, 0) is 0 Å². The Labute approximate surface area is 168 Å². The molecule has 0 spiro atoms. The van der Waals surface area contributed by atoms with Gasteiger partial charge in [0.1, 0.15) is 5.82 Å². The first-order chi connectivity index (χ1) is 13.2. The van der Waals surface area contributed by atoms with Crippen LogP contribution in [0, 0.1) is 6.92 Å². The van der Waals surface area contributed by atoms with Gasteiger partial charge in [0.25, 0.3) is 0 Å². The van der Waals surface area contributed by atoms with E-state index < -0.39 is 5.54 Å². The lowest BCUT2D eigenvalue weighted by Crippen LogP contribution is -2.49. The van der Waals surface area contributed by atoms with Crippen molar-refractivity contribution in [3.63, 3.8) is 0 Å². The van der Waals surface area contributed by atoms with Crippen molar-refractivity contribution in [2.24, 2.45) is 5.73 Å². The Balaban J connectivity index is 1.81. The Kier molecular flexibility index (Phi) is 5.87. The molecular weight excluding hydrogens is 348 g/mol. The van der Waals surface area contributed by atoms with Gasteiger partial charge in [-0.2, -0.15) is 0 Å². The largest absolute Gasteiger partial charge is 0.354 e. The van der Waals surface area contributed by atoms with Gasteiger partial charge in [-0.1, -0.05) is 18.2 Å². The molecule has 1 aliphatic heterocycles. The van der Waals surface area contributed by atoms with Gasteiger partial charge >= 0.3 is 0 Å². The molecule has 0 unspecified atom stereocenters. The number of hydrogen-bond acceptors (Lipinski definition) is 5. The molecule has 28 heavy (non-hydrogen) atoms. The van der Waals surface area contributed by atoms with Crippen molar-refractivity contribution in [3.05, 3.63) is 47.7 Å². The molecule has 2 heterocycles. The number of carbonyl (C=O) groups excluding carboxylic acids is 1. The molecule has 0 saturated carbocycles. The fraction of sp³-hybridized carbons (Fsp3) is 0.478. The Bertz CT molecular complexity index is 846. The molecule has 150 valence electrons. The number of rotatable bonds is 5. The number of nitrogens with zero attached hydrogens (tertiary/aromatic N) is 3. The first kappa shape index (κ1) is 20.5. The second-order valence-electron chi connectivity index (χ2n) is 8.61. The average Bonchev–Trinajstić information content (AvgIpc) is 2.67. The number of hydrogen-bond donors (Lipinski definition) is 1. The quantitative estimate of drug-likeness (QED) is 0.805. The molecule has 0 amide bonds. The van der Waals surface area contributed by atoms with Gasteiger partial charge < -0.3 is 10.6 Å². The van der Waals surface area contributed by atoms with Gasteiger partial charge in [-0.25, -0.2) is 4.98 Å². The van der Waals surface area contributed by atoms with Gasteiger partial charge in [0.15, 0.2) is 5.78 Å². The van der Waals surface area contributed by atoms with Crippen LogP contribution in [-0.4, -0.2) is 53.4 Å². The molecule has 2 aromatic rings. The minimum absolute atomic E-state index is 0.0568. The second-order valence-corrected chi connectivity index (χ2v) is 8.61. The third kappa shape index (κ3) is 4.42. The summed E-state index contributed by atoms with van der Waals surface area (Å²) in [5.41, 5.74) is 8.91. The number of anilines is 1. The van der Waals surface area contributed by atoms with E-state index in [2.05, 4.69) is 36.6 Å². The van der Waals surface area contributed by atoms with Crippen LogP contribution in [0.1, 0.15) is 43.6 Å². The smallest absolute Gasteiger partial charge is 0.182 e. The normalized spacial score (nSPS) is 15.9. The van der Waals surface area contributed by atoms with Crippen molar-refractivity contribution in [1.82, 2.24) is 9.88 Å². The van der Waals surface area contributed by atoms with Gasteiger partial charge in [-0.15, -0.1) is 0 Å². The summed E-state index contributed by atoms with van der Waals surface area (Å²) in [6.07, 6.45) is 1.91. The van der Waals surface area contributed by atoms with E-state index in [4.69, 9.17) is 10.7 Å². The maximum Gasteiger partial charge on any atom is 0.182 e. The highest BCUT2D eigenvalue weighted by atomic mass is 16.1. The Morgan fingerprint density at radius 2 is 1.79 bits per heavy atom. The molecule has 1 aliphatic rings. The van der Waals surface area contributed by atoms with Crippen LogP contribution in [0.15, 0.2) is 36.5 Å². The predicted octanol–water partition coefficient (Wildman–Crippen LogP) is 3.51. The van der Waals surface area contributed by atoms with Crippen LogP contribution in [0.5, 0.6) is 0 Å². The van der Waals surface area contributed by atoms with Crippen molar-refractivity contribution in [3.8, 4) is 11.1 Å². The molecule has 5 nitrogen and oxygen atoms in total. The number of piperazine rings is 1. The Hall–Kier alpha value is -2.24. The van der Waals surface area contributed by atoms with Crippen molar-refractivity contribution in [2.75, 3.05) is 31.1 Å². The fourth-order valence-corrected chi connectivity index (χ4v) is 3.72. The molecule has 1 aromatic heterocycles. The number of Topliss-reactive ketones (excluding diaryl/α,β-unsaturated/α-hetero) is 1. The maximum absolute atomic E-state index is 12.5. The highest BCUT2D eigenvalue weighted by Gasteiger charge is 2.24. The van der Waals surface area contributed by atoms with E-state index in [0.29, 0.717) is 11.6 Å². The molecule has 1 saturated heterocycles. The number of aryl methyl sites for hydroxylation is 1. The lowest BCUT2D eigenvalue weighted by Gasteiger charge is -2.38. The van der Waals surface area contributed by atoms with Gasteiger partial charge in [0.2, 0.25) is 0 Å². The first-order valence-corrected chi connectivity index (χ1v) is 10.1. The minimum atomic E-state index is -0.880. The van der Waals surface area contributed by atoms with Crippen molar-refractivity contribution < 1.29 is 4.79 Å². The van der Waals surface area contributed by atoms with Crippen LogP contribution >= 0.6 is 0 Å². The molecule has 1 fully saturated rings. The summed E-state index contributed by atoms with van der Waals surface area (Å²) in [6, 6.07) is 10.4. The van der Waals surface area contributed by atoms with Gasteiger partial charge in [0, 0.05) is 49.5 Å². The molecule has 5 heteroatoms. The second kappa shape index (κ2) is 8.02. The average molecular weight is 381 g/mol. The van der Waals surface area contributed by atoms with E-state index in [1.807, 2.05) is 30.5 Å². The summed E-state index contributed by atoms with van der Waals surface area (Å²) >= 11 is 0. The zero-order valence-corrected chi connectivity index (χ0v) is 17.7. The van der Waals surface area contributed by atoms with Gasteiger partial charge in [0.05, 0.1) is 5.54 Å². The number of benzene rings is 1. The molecule has 0 aliphatic carbocycles. The van der Waals surface area contributed by atoms with Crippen molar-refractivity contribution >= 4 is 11.6 Å². The standard InChI is InChI=1S/C23H32N4O/c1-16(2)26-9-11-27(12-10-26)22-17(3)13-20(15-25-22)18-7-6-8-19(14-18)21(28)23(4,5)24/h6-8,13-16H,9-12,24H2,1-5H3. The molecule has 0 radical (unpaired) electrons. The zero-order valence-electron chi connectivity index (χ0n) is 17.7. The number of nitrogens with two attached hydrogens (primary N) is 1. The third-order valence-corrected chi connectivity index (χ3v) is 5.44. The summed E-state index contributed by atoms with van der Waals surface area (Å²) in [5.74, 6) is 1.00. The van der Waals surface area contributed by atoms with E-state index in [-0.39, 0.29) is 5.78 Å². The molecule has 0 atom stereocenters. The monoisotopic (exact) mass is 380 g/mol. The van der Waals surface area contributed by atoms with Crippen molar-refractivity contribution in [1.29, 1.82) is 0 Å². The molecule has 1 aromatic carbocycles. The Morgan fingerprint density at radius 3 is 2.36 bits per heavy atom. The van der Waals surface area contributed by atoms with E-state index in [0.717, 1.165) is 48.7 Å². The topological polar surface area (TPSA) is 62.5 Å². The highest BCUT2D eigenvalue weighted by molar-refractivity contribution is 6.03. The van der Waals surface area contributed by atoms with Crippen LogP contribution in [0.4, 0.5) is 5.82 Å². The number of aromatic nitrogens is 1. The lowest BCUT2D eigenvalue weighted by molar-refractivity contribution is 0.0913. The summed E-state index contributed by atoms with van der Waals surface area (Å²) in [4.78, 5) is 22.1. The summed E-state index contributed by atoms with van der Waals surface area (Å²) in [5, 5.41) is 0. The summed E-state index contributed by atoms with van der Waals surface area (Å²) < 4.78 is 0. The van der Waals surface area contributed by atoms with Crippen LogP contribution in [0.2, 0.25) is 0 Å². The van der Waals surface area contributed by atoms with Crippen LogP contribution in [0.3, 0.4) is 0 Å². The van der Waals surface area contributed by atoms with E-state index in [1.54, 1.807) is 13.8 Å². The summed E-state index contributed by atoms with van der Waals surface area (Å²) in [7, 11) is 0. The number of ketones is 1. The molecule has 0 bridgehead atoms. The van der Waals surface area contributed by atoms with Crippen molar-refractivity contribution in [2.45, 2.75) is 46.2 Å². The van der Waals surface area contributed by atoms with Crippen LogP contribution < -0.4 is 10.6 Å². The summed E-state index contributed by atoms with van der Waals surface area (Å²) in [6.45, 7) is 14.2. The predicted molar refractivity (Wildman–Crippen MR) is 116 cm³/mol. The van der Waals surface area contributed by atoms with Gasteiger partial charge in [-0.05, 0) is 57.9 Å².